The molecule has 1 aromatic rings. The molecule has 1 fully saturated rings. The van der Waals surface area contributed by atoms with Gasteiger partial charge in [0, 0.05) is 12.6 Å². The number of nitrogens with two attached hydrogens (primary N) is 1. The molecule has 2 N–H and O–H groups in total. The molecule has 118 valence electrons. The maximum absolute atomic E-state index is 12.9. The zero-order valence-electron chi connectivity index (χ0n) is 13.0. The van der Waals surface area contributed by atoms with Crippen molar-refractivity contribution in [2.45, 2.75) is 50.5 Å². The van der Waals surface area contributed by atoms with Gasteiger partial charge in [-0.15, -0.1) is 0 Å². The summed E-state index contributed by atoms with van der Waals surface area (Å²) >= 11 is 0. The van der Waals surface area contributed by atoms with Gasteiger partial charge in [-0.25, -0.2) is 8.42 Å². The van der Waals surface area contributed by atoms with Gasteiger partial charge in [0.15, 0.2) is 0 Å². The Balaban J connectivity index is 2.32. The van der Waals surface area contributed by atoms with E-state index in [0.29, 0.717) is 18.0 Å². The van der Waals surface area contributed by atoms with Gasteiger partial charge >= 0.3 is 0 Å². The van der Waals surface area contributed by atoms with E-state index in [1.165, 1.54) is 0 Å². The smallest absolute Gasteiger partial charge is 0.243 e. The second-order valence-electron chi connectivity index (χ2n) is 5.87. The van der Waals surface area contributed by atoms with Gasteiger partial charge in [0.05, 0.1) is 4.90 Å². The first-order valence-corrected chi connectivity index (χ1v) is 9.23. The Bertz CT molecular complexity index is 554. The lowest BCUT2D eigenvalue weighted by Crippen LogP contribution is -2.47. The molecule has 0 spiro atoms. The topological polar surface area (TPSA) is 63.4 Å². The van der Waals surface area contributed by atoms with Gasteiger partial charge < -0.3 is 5.73 Å². The number of hydrogen-bond donors (Lipinski definition) is 1. The quantitative estimate of drug-likeness (QED) is 0.909. The molecule has 0 saturated heterocycles. The van der Waals surface area contributed by atoms with Crippen LogP contribution < -0.4 is 5.73 Å². The number of hydrogen-bond acceptors (Lipinski definition) is 3. The van der Waals surface area contributed by atoms with Gasteiger partial charge in [-0.1, -0.05) is 37.5 Å². The molecule has 4 nitrogen and oxygen atoms in total. The molecule has 2 unspecified atom stereocenters. The monoisotopic (exact) mass is 310 g/mol. The molecule has 0 aromatic heterocycles. The molecule has 1 saturated carbocycles. The highest BCUT2D eigenvalue weighted by Gasteiger charge is 2.35. The number of aryl methyl sites for hydroxylation is 1. The van der Waals surface area contributed by atoms with Crippen LogP contribution in [-0.2, 0) is 10.0 Å². The summed E-state index contributed by atoms with van der Waals surface area (Å²) in [7, 11) is -3.43. The fourth-order valence-electron chi connectivity index (χ4n) is 3.27. The van der Waals surface area contributed by atoms with Crippen molar-refractivity contribution in [1.82, 2.24) is 4.31 Å². The van der Waals surface area contributed by atoms with Gasteiger partial charge in [-0.2, -0.15) is 4.31 Å². The molecule has 1 aliphatic rings. The zero-order valence-corrected chi connectivity index (χ0v) is 13.8. The molecule has 0 heterocycles. The van der Waals surface area contributed by atoms with Crippen molar-refractivity contribution in [1.29, 1.82) is 0 Å². The van der Waals surface area contributed by atoms with Gasteiger partial charge in [-0.3, -0.25) is 0 Å². The van der Waals surface area contributed by atoms with Crippen LogP contribution >= 0.6 is 0 Å². The Kier molecular flexibility index (Phi) is 5.41. The first kappa shape index (κ1) is 16.5. The summed E-state index contributed by atoms with van der Waals surface area (Å²) in [6.45, 7) is 4.93. The zero-order chi connectivity index (χ0) is 15.5. The standard InChI is InChI=1S/C16H26N2O2S/c1-3-18(16-7-5-4-6-14(16)12-17)21(19,20)15-10-8-13(2)9-11-15/h8-11,14,16H,3-7,12,17H2,1-2H3. The van der Waals surface area contributed by atoms with Crippen LogP contribution in [0.3, 0.4) is 0 Å². The SMILES string of the molecule is CCN(C1CCCCC1CN)S(=O)(=O)c1ccc(C)cc1. The third-order valence-electron chi connectivity index (χ3n) is 4.48. The van der Waals surface area contributed by atoms with E-state index in [0.717, 1.165) is 31.2 Å². The maximum atomic E-state index is 12.9. The van der Waals surface area contributed by atoms with Crippen molar-refractivity contribution >= 4 is 10.0 Å². The van der Waals surface area contributed by atoms with Crippen LogP contribution in [0.25, 0.3) is 0 Å². The van der Waals surface area contributed by atoms with E-state index in [4.69, 9.17) is 5.73 Å². The second-order valence-corrected chi connectivity index (χ2v) is 7.76. The highest BCUT2D eigenvalue weighted by Crippen LogP contribution is 2.31. The summed E-state index contributed by atoms with van der Waals surface area (Å²) in [5.41, 5.74) is 6.93. The molecule has 5 heteroatoms. The summed E-state index contributed by atoms with van der Waals surface area (Å²) < 4.78 is 27.5. The van der Waals surface area contributed by atoms with Gasteiger partial charge in [0.2, 0.25) is 10.0 Å². The van der Waals surface area contributed by atoms with E-state index in [1.54, 1.807) is 16.4 Å². The van der Waals surface area contributed by atoms with Gasteiger partial charge in [0.25, 0.3) is 0 Å². The van der Waals surface area contributed by atoms with Crippen LogP contribution in [0, 0.1) is 12.8 Å². The lowest BCUT2D eigenvalue weighted by atomic mass is 9.84. The largest absolute Gasteiger partial charge is 0.330 e. The first-order chi connectivity index (χ1) is 10.0. The average Bonchev–Trinajstić information content (AvgIpc) is 2.48. The Hall–Kier alpha value is -0.910. The minimum absolute atomic E-state index is 0.0417. The number of benzene rings is 1. The van der Waals surface area contributed by atoms with Crippen molar-refractivity contribution in [3.8, 4) is 0 Å². The average molecular weight is 310 g/mol. The third kappa shape index (κ3) is 3.47. The molecule has 0 radical (unpaired) electrons. The lowest BCUT2D eigenvalue weighted by Gasteiger charge is -2.38. The van der Waals surface area contributed by atoms with Crippen molar-refractivity contribution in [3.63, 3.8) is 0 Å². The Labute approximate surface area is 128 Å². The maximum Gasteiger partial charge on any atom is 0.243 e. The lowest BCUT2D eigenvalue weighted by molar-refractivity contribution is 0.187. The molecule has 2 rings (SSSR count). The van der Waals surface area contributed by atoms with Crippen LogP contribution in [0.15, 0.2) is 29.2 Å². The second kappa shape index (κ2) is 6.90. The molecule has 2 atom stereocenters. The summed E-state index contributed by atoms with van der Waals surface area (Å²) in [5, 5.41) is 0. The van der Waals surface area contributed by atoms with E-state index < -0.39 is 10.0 Å². The van der Waals surface area contributed by atoms with Crippen molar-refractivity contribution < 1.29 is 8.42 Å². The minimum atomic E-state index is -3.43. The van der Waals surface area contributed by atoms with E-state index in [9.17, 15) is 8.42 Å². The van der Waals surface area contributed by atoms with E-state index in [1.807, 2.05) is 26.0 Å². The molecule has 0 amide bonds. The van der Waals surface area contributed by atoms with Crippen LogP contribution in [0.5, 0.6) is 0 Å². The number of rotatable bonds is 5. The fraction of sp³-hybridized carbons (Fsp3) is 0.625. The molecular formula is C16H26N2O2S. The normalized spacial score (nSPS) is 23.4. The van der Waals surface area contributed by atoms with Crippen LogP contribution in [-0.4, -0.2) is 31.9 Å². The molecule has 1 aromatic carbocycles. The number of sulfonamides is 1. The number of nitrogens with zero attached hydrogens (tertiary/aromatic N) is 1. The predicted molar refractivity (Wildman–Crippen MR) is 85.5 cm³/mol. The summed E-state index contributed by atoms with van der Waals surface area (Å²) in [5.74, 6) is 0.277. The summed E-state index contributed by atoms with van der Waals surface area (Å²) in [6, 6.07) is 7.14. The Morgan fingerprint density at radius 3 is 2.38 bits per heavy atom. The molecule has 0 bridgehead atoms. The third-order valence-corrected chi connectivity index (χ3v) is 6.50. The Morgan fingerprint density at radius 1 is 1.19 bits per heavy atom. The van der Waals surface area contributed by atoms with Crippen LogP contribution in [0.1, 0.15) is 38.2 Å². The first-order valence-electron chi connectivity index (χ1n) is 7.79. The van der Waals surface area contributed by atoms with Crippen molar-refractivity contribution in [2.24, 2.45) is 11.7 Å². The van der Waals surface area contributed by atoms with E-state index in [-0.39, 0.29) is 12.0 Å². The van der Waals surface area contributed by atoms with E-state index in [2.05, 4.69) is 0 Å². The van der Waals surface area contributed by atoms with Crippen molar-refractivity contribution in [2.75, 3.05) is 13.1 Å². The molecular weight excluding hydrogens is 284 g/mol. The fourth-order valence-corrected chi connectivity index (χ4v) is 5.00. The molecule has 21 heavy (non-hydrogen) atoms. The van der Waals surface area contributed by atoms with Gasteiger partial charge in [-0.05, 0) is 44.4 Å². The summed E-state index contributed by atoms with van der Waals surface area (Å²) in [6.07, 6.45) is 4.18. The highest BCUT2D eigenvalue weighted by molar-refractivity contribution is 7.89. The Morgan fingerprint density at radius 2 is 1.81 bits per heavy atom. The molecule has 1 aliphatic carbocycles. The van der Waals surface area contributed by atoms with Gasteiger partial charge in [0.1, 0.15) is 0 Å². The van der Waals surface area contributed by atoms with Crippen molar-refractivity contribution in [3.05, 3.63) is 29.8 Å². The highest BCUT2D eigenvalue weighted by atomic mass is 32.2. The van der Waals surface area contributed by atoms with Crippen LogP contribution in [0.4, 0.5) is 0 Å². The minimum Gasteiger partial charge on any atom is -0.330 e. The van der Waals surface area contributed by atoms with E-state index >= 15 is 0 Å². The van der Waals surface area contributed by atoms with Crippen LogP contribution in [0.2, 0.25) is 0 Å². The molecule has 0 aliphatic heterocycles. The summed E-state index contributed by atoms with van der Waals surface area (Å²) in [4.78, 5) is 0.385. The predicted octanol–water partition coefficient (Wildman–Crippen LogP) is 2.52.